The molecule has 2 nitrogen and oxygen atoms in total. The summed E-state index contributed by atoms with van der Waals surface area (Å²) in [7, 11) is 0. The van der Waals surface area contributed by atoms with Gasteiger partial charge in [-0.05, 0) is 12.8 Å². The van der Waals surface area contributed by atoms with Crippen molar-refractivity contribution in [1.29, 1.82) is 10.5 Å². The van der Waals surface area contributed by atoms with E-state index in [2.05, 4.69) is 12.1 Å². The third-order valence-electron chi connectivity index (χ3n) is 4.40. The van der Waals surface area contributed by atoms with Gasteiger partial charge in [0.15, 0.2) is 0 Å². The van der Waals surface area contributed by atoms with Crippen molar-refractivity contribution < 1.29 is 0 Å². The first-order valence-corrected chi connectivity index (χ1v) is 11.6. The Bertz CT molecular complexity index is 526. The molecule has 6 heteroatoms. The maximum Gasteiger partial charge on any atom is 0.0974 e. The second kappa shape index (κ2) is 7.62. The van der Waals surface area contributed by atoms with Crippen LogP contribution in [0.3, 0.4) is 0 Å². The first-order valence-electron chi connectivity index (χ1n) is 7.63. The van der Waals surface area contributed by atoms with Crippen LogP contribution in [0.2, 0.25) is 0 Å². The van der Waals surface area contributed by atoms with Gasteiger partial charge in [0.25, 0.3) is 0 Å². The van der Waals surface area contributed by atoms with Crippen LogP contribution in [-0.2, 0) is 0 Å². The molecule has 0 spiro atoms. The van der Waals surface area contributed by atoms with Crippen molar-refractivity contribution in [3.8, 4) is 12.1 Å². The standard InChI is InChI=1S/C16H18N2S4/c17-10-12(14-19-6-7-20-14)16(4-2-1-3-5-16)13(11-18)15-21-8-9-22-15/h1-9H2. The van der Waals surface area contributed by atoms with Crippen molar-refractivity contribution >= 4 is 47.0 Å². The van der Waals surface area contributed by atoms with Gasteiger partial charge in [0, 0.05) is 28.4 Å². The van der Waals surface area contributed by atoms with E-state index in [-0.39, 0.29) is 5.41 Å². The average molecular weight is 367 g/mol. The Kier molecular flexibility index (Phi) is 5.79. The summed E-state index contributed by atoms with van der Waals surface area (Å²) in [6.07, 6.45) is 5.41. The largest absolute Gasteiger partial charge is 0.193 e. The molecule has 0 radical (unpaired) electrons. The highest BCUT2D eigenvalue weighted by atomic mass is 32.2. The van der Waals surface area contributed by atoms with E-state index in [1.807, 2.05) is 47.0 Å². The molecule has 22 heavy (non-hydrogen) atoms. The molecule has 116 valence electrons. The Balaban J connectivity index is 2.13. The van der Waals surface area contributed by atoms with Gasteiger partial charge in [0.2, 0.25) is 0 Å². The molecule has 0 aromatic rings. The summed E-state index contributed by atoms with van der Waals surface area (Å²) in [4.78, 5) is 0. The van der Waals surface area contributed by atoms with Crippen molar-refractivity contribution in [2.75, 3.05) is 23.0 Å². The van der Waals surface area contributed by atoms with Crippen LogP contribution in [0.15, 0.2) is 19.6 Å². The average Bonchev–Trinajstić information content (AvgIpc) is 3.23. The van der Waals surface area contributed by atoms with Gasteiger partial charge in [0.1, 0.15) is 0 Å². The zero-order chi connectivity index (χ0) is 15.4. The van der Waals surface area contributed by atoms with Gasteiger partial charge >= 0.3 is 0 Å². The molecule has 1 aliphatic carbocycles. The minimum absolute atomic E-state index is 0.304. The third kappa shape index (κ3) is 3.08. The van der Waals surface area contributed by atoms with E-state index in [4.69, 9.17) is 0 Å². The van der Waals surface area contributed by atoms with Crippen LogP contribution in [0.1, 0.15) is 32.1 Å². The lowest BCUT2D eigenvalue weighted by molar-refractivity contribution is 0.303. The van der Waals surface area contributed by atoms with Gasteiger partial charge in [-0.3, -0.25) is 0 Å². The summed E-state index contributed by atoms with van der Waals surface area (Å²) in [5.74, 6) is 4.35. The second-order valence-electron chi connectivity index (χ2n) is 5.59. The maximum atomic E-state index is 9.91. The topological polar surface area (TPSA) is 47.6 Å². The number of nitriles is 2. The van der Waals surface area contributed by atoms with E-state index in [0.29, 0.717) is 0 Å². The Morgan fingerprint density at radius 1 is 0.727 bits per heavy atom. The molecule has 0 aromatic carbocycles. The fourth-order valence-corrected chi connectivity index (χ4v) is 8.67. The van der Waals surface area contributed by atoms with Crippen molar-refractivity contribution in [3.63, 3.8) is 0 Å². The van der Waals surface area contributed by atoms with Crippen molar-refractivity contribution in [3.05, 3.63) is 19.6 Å². The molecule has 3 rings (SSSR count). The fourth-order valence-electron chi connectivity index (χ4n) is 3.39. The monoisotopic (exact) mass is 366 g/mol. The van der Waals surface area contributed by atoms with Crippen LogP contribution < -0.4 is 0 Å². The Morgan fingerprint density at radius 2 is 1.14 bits per heavy atom. The van der Waals surface area contributed by atoms with Gasteiger partial charge in [-0.15, -0.1) is 47.0 Å². The summed E-state index contributed by atoms with van der Waals surface area (Å²) in [6, 6.07) is 5.05. The fraction of sp³-hybridized carbons (Fsp3) is 0.625. The summed E-state index contributed by atoms with van der Waals surface area (Å²) in [5.41, 5.74) is 1.50. The minimum Gasteiger partial charge on any atom is -0.193 e. The Morgan fingerprint density at radius 3 is 1.50 bits per heavy atom. The summed E-state index contributed by atoms with van der Waals surface area (Å²) < 4.78 is 2.37. The number of rotatable bonds is 2. The highest BCUT2D eigenvalue weighted by molar-refractivity contribution is 8.25. The molecule has 2 saturated heterocycles. The highest BCUT2D eigenvalue weighted by Crippen LogP contribution is 2.56. The third-order valence-corrected chi connectivity index (χ3v) is 9.82. The normalized spacial score (nSPS) is 23.9. The van der Waals surface area contributed by atoms with E-state index in [0.717, 1.165) is 59.8 Å². The van der Waals surface area contributed by atoms with E-state index in [1.54, 1.807) is 0 Å². The van der Waals surface area contributed by atoms with Crippen LogP contribution in [0.25, 0.3) is 0 Å². The molecule has 2 heterocycles. The summed E-state index contributed by atoms with van der Waals surface area (Å²) in [6.45, 7) is 0. The van der Waals surface area contributed by atoms with Gasteiger partial charge in [-0.1, -0.05) is 19.3 Å². The lowest BCUT2D eigenvalue weighted by atomic mass is 9.65. The zero-order valence-corrected chi connectivity index (χ0v) is 15.7. The van der Waals surface area contributed by atoms with Crippen molar-refractivity contribution in [1.82, 2.24) is 0 Å². The lowest BCUT2D eigenvalue weighted by Crippen LogP contribution is -2.29. The molecule has 0 atom stereocenters. The summed E-state index contributed by atoms with van der Waals surface area (Å²) in [5, 5.41) is 19.8. The lowest BCUT2D eigenvalue weighted by Gasteiger charge is -2.37. The van der Waals surface area contributed by atoms with Crippen molar-refractivity contribution in [2.45, 2.75) is 32.1 Å². The second-order valence-corrected chi connectivity index (χ2v) is 10.5. The number of nitrogens with zero attached hydrogens (tertiary/aromatic N) is 2. The van der Waals surface area contributed by atoms with Crippen LogP contribution in [-0.4, -0.2) is 23.0 Å². The zero-order valence-electron chi connectivity index (χ0n) is 12.4. The highest BCUT2D eigenvalue weighted by Gasteiger charge is 2.44. The molecule has 3 fully saturated rings. The molecule has 3 aliphatic rings. The maximum absolute atomic E-state index is 9.91. The number of thioether (sulfide) groups is 4. The molecule has 2 aliphatic heterocycles. The van der Waals surface area contributed by atoms with E-state index < -0.39 is 0 Å². The number of allylic oxidation sites excluding steroid dienone is 2. The summed E-state index contributed by atoms with van der Waals surface area (Å²) >= 11 is 7.25. The Labute approximate surface area is 149 Å². The quantitative estimate of drug-likeness (QED) is 0.613. The van der Waals surface area contributed by atoms with Crippen LogP contribution in [0.5, 0.6) is 0 Å². The molecule has 0 amide bonds. The smallest absolute Gasteiger partial charge is 0.0974 e. The predicted octanol–water partition coefficient (Wildman–Crippen LogP) is 5.37. The first-order chi connectivity index (χ1) is 10.8. The molecule has 1 saturated carbocycles. The molecule has 0 aromatic heterocycles. The van der Waals surface area contributed by atoms with E-state index in [9.17, 15) is 10.5 Å². The van der Waals surface area contributed by atoms with Crippen LogP contribution >= 0.6 is 47.0 Å². The molecule has 0 N–H and O–H groups in total. The van der Waals surface area contributed by atoms with E-state index >= 15 is 0 Å². The SMILES string of the molecule is N#CC(=C1SCCS1)C1(C(C#N)=C2SCCS2)CCCCC1. The Hall–Kier alpha value is -0.140. The number of hydrogen-bond acceptors (Lipinski definition) is 6. The number of hydrogen-bond donors (Lipinski definition) is 0. The molecular weight excluding hydrogens is 348 g/mol. The van der Waals surface area contributed by atoms with Gasteiger partial charge in [-0.2, -0.15) is 10.5 Å². The van der Waals surface area contributed by atoms with Crippen LogP contribution in [0.4, 0.5) is 0 Å². The minimum atomic E-state index is -0.304. The first kappa shape index (κ1) is 16.7. The predicted molar refractivity (Wildman–Crippen MR) is 101 cm³/mol. The molecular formula is C16H18N2S4. The van der Waals surface area contributed by atoms with E-state index in [1.165, 1.54) is 14.9 Å². The van der Waals surface area contributed by atoms with Gasteiger partial charge in [-0.25, -0.2) is 0 Å². The van der Waals surface area contributed by atoms with Gasteiger partial charge in [0.05, 0.1) is 31.8 Å². The van der Waals surface area contributed by atoms with Crippen molar-refractivity contribution in [2.24, 2.45) is 5.41 Å². The van der Waals surface area contributed by atoms with Crippen LogP contribution in [0, 0.1) is 28.1 Å². The van der Waals surface area contributed by atoms with Gasteiger partial charge < -0.3 is 0 Å². The molecule has 0 unspecified atom stereocenters. The molecule has 0 bridgehead atoms.